The smallest absolute Gasteiger partial charge is 0.138 e. The van der Waals surface area contributed by atoms with Crippen molar-refractivity contribution in [3.05, 3.63) is 29.4 Å². The maximum Gasteiger partial charge on any atom is 0.138 e. The van der Waals surface area contributed by atoms with Crippen molar-refractivity contribution in [2.24, 2.45) is 5.92 Å². The van der Waals surface area contributed by atoms with Crippen LogP contribution >= 0.6 is 11.3 Å². The molecule has 0 unspecified atom stereocenters. The Morgan fingerprint density at radius 1 is 1.35 bits per heavy atom. The van der Waals surface area contributed by atoms with E-state index < -0.39 is 0 Å². The lowest BCUT2D eigenvalue weighted by molar-refractivity contribution is 0.371. The Hall–Kier alpha value is -2.02. The molecule has 1 aliphatic rings. The van der Waals surface area contributed by atoms with Gasteiger partial charge in [0.05, 0.1) is 5.39 Å². The molecule has 1 N–H and O–H groups in total. The maximum atomic E-state index is 4.40. The Kier molecular flexibility index (Phi) is 3.72. The second-order valence-electron chi connectivity index (χ2n) is 6.39. The number of nitrogens with one attached hydrogen (secondary N) is 1. The topological polar surface area (TPSA) is 68.5 Å². The van der Waals surface area contributed by atoms with E-state index in [1.54, 1.807) is 17.7 Å². The first-order valence-corrected chi connectivity index (χ1v) is 8.94. The number of hydrogen-bond acceptors (Lipinski definition) is 6. The minimum Gasteiger partial charge on any atom is -0.369 e. The SMILES string of the molecule is CC(C)c1nnc2n1C[C@@H](CNc1ncnc3sccc13)CC2. The van der Waals surface area contributed by atoms with Crippen molar-refractivity contribution in [1.82, 2.24) is 24.7 Å². The summed E-state index contributed by atoms with van der Waals surface area (Å²) < 4.78 is 2.31. The normalized spacial score (nSPS) is 17.6. The van der Waals surface area contributed by atoms with Crippen LogP contribution in [0, 0.1) is 5.92 Å². The Morgan fingerprint density at radius 2 is 2.26 bits per heavy atom. The number of hydrogen-bond donors (Lipinski definition) is 1. The molecule has 0 spiro atoms. The van der Waals surface area contributed by atoms with Crippen molar-refractivity contribution in [2.75, 3.05) is 11.9 Å². The van der Waals surface area contributed by atoms with Crippen LogP contribution in [0.5, 0.6) is 0 Å². The summed E-state index contributed by atoms with van der Waals surface area (Å²) in [6, 6.07) is 2.08. The minimum absolute atomic E-state index is 0.412. The number of anilines is 1. The molecule has 1 aliphatic heterocycles. The fourth-order valence-corrected chi connectivity index (χ4v) is 3.91. The van der Waals surface area contributed by atoms with Gasteiger partial charge in [0.25, 0.3) is 0 Å². The first-order valence-electron chi connectivity index (χ1n) is 8.06. The highest BCUT2D eigenvalue weighted by atomic mass is 32.1. The molecular weight excluding hydrogens is 308 g/mol. The van der Waals surface area contributed by atoms with Crippen LogP contribution in [0.4, 0.5) is 5.82 Å². The lowest BCUT2D eigenvalue weighted by Gasteiger charge is -2.25. The van der Waals surface area contributed by atoms with E-state index in [1.165, 1.54) is 0 Å². The van der Waals surface area contributed by atoms with Gasteiger partial charge in [0.15, 0.2) is 0 Å². The Balaban J connectivity index is 1.48. The second-order valence-corrected chi connectivity index (χ2v) is 7.28. The molecule has 6 nitrogen and oxygen atoms in total. The van der Waals surface area contributed by atoms with Crippen molar-refractivity contribution >= 4 is 27.4 Å². The van der Waals surface area contributed by atoms with Crippen molar-refractivity contribution in [1.29, 1.82) is 0 Å². The van der Waals surface area contributed by atoms with Gasteiger partial charge in [-0.3, -0.25) is 0 Å². The van der Waals surface area contributed by atoms with E-state index in [-0.39, 0.29) is 0 Å². The zero-order chi connectivity index (χ0) is 15.8. The van der Waals surface area contributed by atoms with Crippen LogP contribution in [0.15, 0.2) is 17.8 Å². The summed E-state index contributed by atoms with van der Waals surface area (Å²) >= 11 is 1.65. The molecule has 23 heavy (non-hydrogen) atoms. The molecule has 4 heterocycles. The number of aryl methyl sites for hydroxylation is 1. The Morgan fingerprint density at radius 3 is 3.13 bits per heavy atom. The highest BCUT2D eigenvalue weighted by Gasteiger charge is 2.24. The van der Waals surface area contributed by atoms with Crippen LogP contribution in [0.3, 0.4) is 0 Å². The van der Waals surface area contributed by atoms with Crippen LogP contribution in [-0.4, -0.2) is 31.3 Å². The average molecular weight is 328 g/mol. The Labute approximate surface area is 139 Å². The molecule has 4 rings (SSSR count). The van der Waals surface area contributed by atoms with Crippen molar-refractivity contribution in [3.63, 3.8) is 0 Å². The summed E-state index contributed by atoms with van der Waals surface area (Å²) in [5, 5.41) is 15.4. The molecule has 0 aromatic carbocycles. The second kappa shape index (κ2) is 5.88. The summed E-state index contributed by atoms with van der Waals surface area (Å²) in [5.41, 5.74) is 0. The molecule has 0 radical (unpaired) electrons. The molecular formula is C16H20N6S. The van der Waals surface area contributed by atoms with E-state index in [0.717, 1.165) is 53.6 Å². The zero-order valence-corrected chi connectivity index (χ0v) is 14.2. The van der Waals surface area contributed by atoms with E-state index in [4.69, 9.17) is 0 Å². The molecule has 0 fully saturated rings. The molecule has 0 saturated heterocycles. The highest BCUT2D eigenvalue weighted by Crippen LogP contribution is 2.26. The van der Waals surface area contributed by atoms with Crippen LogP contribution in [0.1, 0.15) is 37.8 Å². The molecule has 0 saturated carbocycles. The lowest BCUT2D eigenvalue weighted by atomic mass is 9.98. The van der Waals surface area contributed by atoms with Gasteiger partial charge in [-0.15, -0.1) is 21.5 Å². The Bertz CT molecular complexity index is 821. The molecule has 0 amide bonds. The standard InChI is InChI=1S/C16H20N6S/c1-10(2)15-21-20-13-4-3-11(8-22(13)15)7-17-14-12-5-6-23-16(12)19-9-18-14/h5-6,9-11H,3-4,7-8H2,1-2H3,(H,17,18,19)/t11-/m1/s1. The third kappa shape index (κ3) is 2.69. The number of aromatic nitrogens is 5. The van der Waals surface area contributed by atoms with Gasteiger partial charge in [0, 0.05) is 25.4 Å². The van der Waals surface area contributed by atoms with Gasteiger partial charge >= 0.3 is 0 Å². The fraction of sp³-hybridized carbons (Fsp3) is 0.500. The van der Waals surface area contributed by atoms with Crippen molar-refractivity contribution in [2.45, 2.75) is 39.2 Å². The predicted octanol–water partition coefficient (Wildman–Crippen LogP) is 3.08. The lowest BCUT2D eigenvalue weighted by Crippen LogP contribution is -2.27. The number of fused-ring (bicyclic) bond motifs is 2. The summed E-state index contributed by atoms with van der Waals surface area (Å²) in [7, 11) is 0. The van der Waals surface area contributed by atoms with Gasteiger partial charge in [0.2, 0.25) is 0 Å². The molecule has 0 bridgehead atoms. The molecule has 3 aromatic rings. The molecule has 120 valence electrons. The first-order chi connectivity index (χ1) is 11.2. The van der Waals surface area contributed by atoms with Crippen molar-refractivity contribution < 1.29 is 0 Å². The fourth-order valence-electron chi connectivity index (χ4n) is 3.18. The van der Waals surface area contributed by atoms with Gasteiger partial charge in [-0.05, 0) is 23.8 Å². The predicted molar refractivity (Wildman–Crippen MR) is 91.8 cm³/mol. The third-order valence-corrected chi connectivity index (χ3v) is 5.23. The van der Waals surface area contributed by atoms with Crippen LogP contribution < -0.4 is 5.32 Å². The van der Waals surface area contributed by atoms with Gasteiger partial charge in [-0.1, -0.05) is 13.8 Å². The van der Waals surface area contributed by atoms with Gasteiger partial charge in [0.1, 0.15) is 28.6 Å². The summed E-state index contributed by atoms with van der Waals surface area (Å²) in [4.78, 5) is 9.73. The third-order valence-electron chi connectivity index (χ3n) is 4.41. The zero-order valence-electron chi connectivity index (χ0n) is 13.4. The molecule has 3 aromatic heterocycles. The monoisotopic (exact) mass is 328 g/mol. The summed E-state index contributed by atoms with van der Waals surface area (Å²) in [5.74, 6) is 4.16. The van der Waals surface area contributed by atoms with Crippen LogP contribution in [-0.2, 0) is 13.0 Å². The van der Waals surface area contributed by atoms with Gasteiger partial charge < -0.3 is 9.88 Å². The van der Waals surface area contributed by atoms with E-state index >= 15 is 0 Å². The minimum atomic E-state index is 0.412. The average Bonchev–Trinajstić information content (AvgIpc) is 3.19. The summed E-state index contributed by atoms with van der Waals surface area (Å²) in [6.45, 7) is 6.25. The molecule has 7 heteroatoms. The van der Waals surface area contributed by atoms with Crippen molar-refractivity contribution in [3.8, 4) is 0 Å². The first kappa shape index (κ1) is 14.6. The van der Waals surface area contributed by atoms with E-state index in [1.807, 2.05) is 0 Å². The maximum absolute atomic E-state index is 4.40. The van der Waals surface area contributed by atoms with Gasteiger partial charge in [-0.25, -0.2) is 9.97 Å². The number of rotatable bonds is 4. The highest BCUT2D eigenvalue weighted by molar-refractivity contribution is 7.16. The number of nitrogens with zero attached hydrogens (tertiary/aromatic N) is 5. The summed E-state index contributed by atoms with van der Waals surface area (Å²) in [6.07, 6.45) is 3.78. The molecule has 0 aliphatic carbocycles. The largest absolute Gasteiger partial charge is 0.369 e. The van der Waals surface area contributed by atoms with Crippen LogP contribution in [0.2, 0.25) is 0 Å². The molecule has 1 atom stereocenters. The van der Waals surface area contributed by atoms with E-state index in [0.29, 0.717) is 11.8 Å². The van der Waals surface area contributed by atoms with Gasteiger partial charge in [-0.2, -0.15) is 0 Å². The van der Waals surface area contributed by atoms with E-state index in [2.05, 4.69) is 55.3 Å². The van der Waals surface area contributed by atoms with E-state index in [9.17, 15) is 0 Å². The van der Waals surface area contributed by atoms with Crippen LogP contribution in [0.25, 0.3) is 10.2 Å². The number of thiophene rings is 1. The quantitative estimate of drug-likeness (QED) is 0.797.